The molecule has 0 spiro atoms. The molecule has 0 bridgehead atoms. The van der Waals surface area contributed by atoms with E-state index in [4.69, 9.17) is 10.5 Å². The molecule has 0 fully saturated rings. The zero-order valence-corrected chi connectivity index (χ0v) is 10.7. The number of esters is 1. The van der Waals surface area contributed by atoms with Crippen molar-refractivity contribution in [2.24, 2.45) is 5.73 Å². The molecule has 3 nitrogen and oxygen atoms in total. The summed E-state index contributed by atoms with van der Waals surface area (Å²) in [7, 11) is 0. The molecule has 2 N–H and O–H groups in total. The lowest BCUT2D eigenvalue weighted by Gasteiger charge is -2.22. The van der Waals surface area contributed by atoms with Gasteiger partial charge in [0, 0.05) is 12.5 Å². The maximum absolute atomic E-state index is 13.4. The third kappa shape index (κ3) is 4.41. The molecule has 0 radical (unpaired) electrons. The maximum atomic E-state index is 13.4. The van der Waals surface area contributed by atoms with Crippen LogP contribution in [0.2, 0.25) is 0 Å². The number of hydrogen-bond donors (Lipinski definition) is 1. The largest absolute Gasteiger partial charge is 0.459 e. The highest BCUT2D eigenvalue weighted by Gasteiger charge is 2.23. The normalized spacial score (nSPS) is 13.2. The Balaban J connectivity index is 2.69. The Morgan fingerprint density at radius 2 is 2.00 bits per heavy atom. The Kier molecular flexibility index (Phi) is 4.40. The Bertz CT molecular complexity index is 441. The smallest absolute Gasteiger partial charge is 0.323 e. The molecule has 0 aliphatic carbocycles. The Hall–Kier alpha value is -1.49. The van der Waals surface area contributed by atoms with Gasteiger partial charge in [-0.15, -0.1) is 0 Å². The second kappa shape index (κ2) is 5.44. The van der Waals surface area contributed by atoms with Crippen LogP contribution in [0.15, 0.2) is 18.2 Å². The minimum absolute atomic E-state index is 0.0268. The van der Waals surface area contributed by atoms with E-state index in [-0.39, 0.29) is 12.0 Å². The first-order chi connectivity index (χ1) is 8.19. The molecular weight excluding hydrogens is 240 g/mol. The van der Waals surface area contributed by atoms with Crippen molar-refractivity contribution < 1.29 is 18.3 Å². The molecule has 0 saturated heterocycles. The lowest BCUT2D eigenvalue weighted by Crippen LogP contribution is -2.39. The van der Waals surface area contributed by atoms with E-state index in [1.807, 2.05) is 0 Å². The van der Waals surface area contributed by atoms with Gasteiger partial charge in [-0.05, 0) is 32.4 Å². The van der Waals surface area contributed by atoms with Crippen LogP contribution in [0.4, 0.5) is 8.78 Å². The summed E-state index contributed by atoms with van der Waals surface area (Å²) in [6.07, 6.45) is -0.0268. The van der Waals surface area contributed by atoms with Gasteiger partial charge in [0.05, 0.1) is 0 Å². The monoisotopic (exact) mass is 257 g/mol. The van der Waals surface area contributed by atoms with Gasteiger partial charge in [0.15, 0.2) is 0 Å². The SMILES string of the molecule is CC(C)(C)OC(=O)C(N)Cc1ccc(F)cc1F. The van der Waals surface area contributed by atoms with Gasteiger partial charge in [0.25, 0.3) is 0 Å². The summed E-state index contributed by atoms with van der Waals surface area (Å²) < 4.78 is 31.1. The van der Waals surface area contributed by atoms with E-state index < -0.39 is 29.2 Å². The van der Waals surface area contributed by atoms with Crippen LogP contribution < -0.4 is 5.73 Å². The van der Waals surface area contributed by atoms with Gasteiger partial charge in [-0.2, -0.15) is 0 Å². The number of ether oxygens (including phenoxy) is 1. The highest BCUT2D eigenvalue weighted by molar-refractivity contribution is 5.76. The Morgan fingerprint density at radius 3 is 2.50 bits per heavy atom. The minimum atomic E-state index is -0.968. The van der Waals surface area contributed by atoms with Crippen molar-refractivity contribution in [3.63, 3.8) is 0 Å². The van der Waals surface area contributed by atoms with Crippen LogP contribution in [0, 0.1) is 11.6 Å². The van der Waals surface area contributed by atoms with Gasteiger partial charge in [0.1, 0.15) is 23.3 Å². The maximum Gasteiger partial charge on any atom is 0.323 e. The highest BCUT2D eigenvalue weighted by Crippen LogP contribution is 2.13. The second-order valence-electron chi connectivity index (χ2n) is 5.08. The zero-order valence-electron chi connectivity index (χ0n) is 10.7. The summed E-state index contributed by atoms with van der Waals surface area (Å²) in [5, 5.41) is 0. The van der Waals surface area contributed by atoms with Gasteiger partial charge in [-0.3, -0.25) is 4.79 Å². The van der Waals surface area contributed by atoms with Crippen LogP contribution in [0.5, 0.6) is 0 Å². The summed E-state index contributed by atoms with van der Waals surface area (Å²) in [5.74, 6) is -1.98. The summed E-state index contributed by atoms with van der Waals surface area (Å²) in [6.45, 7) is 5.16. The molecule has 0 saturated carbocycles. The molecule has 0 amide bonds. The summed E-state index contributed by atoms with van der Waals surface area (Å²) >= 11 is 0. The molecule has 1 atom stereocenters. The summed E-state index contributed by atoms with van der Waals surface area (Å²) in [4.78, 5) is 11.6. The van der Waals surface area contributed by atoms with Gasteiger partial charge >= 0.3 is 5.97 Å². The number of rotatable bonds is 3. The van der Waals surface area contributed by atoms with Gasteiger partial charge in [-0.1, -0.05) is 6.07 Å². The third-order valence-electron chi connectivity index (χ3n) is 2.16. The topological polar surface area (TPSA) is 52.3 Å². The van der Waals surface area contributed by atoms with Crippen molar-refractivity contribution in [1.29, 1.82) is 0 Å². The average Bonchev–Trinajstić information content (AvgIpc) is 2.19. The molecule has 0 aliphatic rings. The standard InChI is InChI=1S/C13H17F2NO2/c1-13(2,3)18-12(17)11(16)6-8-4-5-9(14)7-10(8)15/h4-5,7,11H,6,16H2,1-3H3. The number of halogens is 2. The molecule has 100 valence electrons. The number of carbonyl (C=O) groups excluding carboxylic acids is 1. The van der Waals surface area contributed by atoms with Gasteiger partial charge in [0.2, 0.25) is 0 Å². The first-order valence-electron chi connectivity index (χ1n) is 5.61. The van der Waals surface area contributed by atoms with E-state index in [1.165, 1.54) is 6.07 Å². The number of benzene rings is 1. The van der Waals surface area contributed by atoms with Crippen molar-refractivity contribution in [2.75, 3.05) is 0 Å². The highest BCUT2D eigenvalue weighted by atomic mass is 19.1. The molecule has 0 aromatic heterocycles. The van der Waals surface area contributed by atoms with Gasteiger partial charge in [-0.25, -0.2) is 8.78 Å². The van der Waals surface area contributed by atoms with Crippen LogP contribution in [0.3, 0.4) is 0 Å². The predicted octanol–water partition coefficient (Wildman–Crippen LogP) is 2.18. The fraction of sp³-hybridized carbons (Fsp3) is 0.462. The molecule has 18 heavy (non-hydrogen) atoms. The molecule has 1 rings (SSSR count). The molecule has 1 unspecified atom stereocenters. The van der Waals surface area contributed by atoms with Crippen molar-refractivity contribution in [1.82, 2.24) is 0 Å². The number of carbonyl (C=O) groups is 1. The molecule has 1 aromatic carbocycles. The van der Waals surface area contributed by atoms with Crippen LogP contribution in [-0.4, -0.2) is 17.6 Å². The van der Waals surface area contributed by atoms with E-state index in [0.717, 1.165) is 12.1 Å². The van der Waals surface area contributed by atoms with E-state index in [2.05, 4.69) is 0 Å². The van der Waals surface area contributed by atoms with E-state index in [1.54, 1.807) is 20.8 Å². The lowest BCUT2D eigenvalue weighted by atomic mass is 10.1. The lowest BCUT2D eigenvalue weighted by molar-refractivity contribution is -0.156. The fourth-order valence-electron chi connectivity index (χ4n) is 1.38. The molecule has 1 aromatic rings. The Labute approximate surface area is 105 Å². The fourth-order valence-corrected chi connectivity index (χ4v) is 1.38. The molecular formula is C13H17F2NO2. The van der Waals surface area contributed by atoms with Crippen LogP contribution in [-0.2, 0) is 16.0 Å². The van der Waals surface area contributed by atoms with E-state index >= 15 is 0 Å². The first kappa shape index (κ1) is 14.6. The van der Waals surface area contributed by atoms with Gasteiger partial charge < -0.3 is 10.5 Å². The molecule has 5 heteroatoms. The molecule has 0 heterocycles. The van der Waals surface area contributed by atoms with Crippen LogP contribution in [0.1, 0.15) is 26.3 Å². The average molecular weight is 257 g/mol. The van der Waals surface area contributed by atoms with Crippen molar-refractivity contribution in [2.45, 2.75) is 38.8 Å². The summed E-state index contributed by atoms with van der Waals surface area (Å²) in [5.41, 5.74) is 5.18. The minimum Gasteiger partial charge on any atom is -0.459 e. The van der Waals surface area contributed by atoms with Crippen molar-refractivity contribution in [3.05, 3.63) is 35.4 Å². The number of nitrogens with two attached hydrogens (primary N) is 1. The number of hydrogen-bond acceptors (Lipinski definition) is 3. The Morgan fingerprint density at radius 1 is 1.39 bits per heavy atom. The molecule has 0 aliphatic heterocycles. The van der Waals surface area contributed by atoms with Crippen LogP contribution in [0.25, 0.3) is 0 Å². The zero-order chi connectivity index (χ0) is 13.9. The first-order valence-corrected chi connectivity index (χ1v) is 5.61. The van der Waals surface area contributed by atoms with E-state index in [9.17, 15) is 13.6 Å². The third-order valence-corrected chi connectivity index (χ3v) is 2.16. The van der Waals surface area contributed by atoms with Crippen molar-refractivity contribution >= 4 is 5.97 Å². The predicted molar refractivity (Wildman–Crippen MR) is 63.9 cm³/mol. The quantitative estimate of drug-likeness (QED) is 0.844. The second-order valence-corrected chi connectivity index (χ2v) is 5.08. The van der Waals surface area contributed by atoms with E-state index in [0.29, 0.717) is 0 Å². The van der Waals surface area contributed by atoms with Crippen LogP contribution >= 0.6 is 0 Å². The summed E-state index contributed by atoms with van der Waals surface area (Å²) in [6, 6.07) is 2.19. The van der Waals surface area contributed by atoms with Crippen molar-refractivity contribution in [3.8, 4) is 0 Å².